The number of ether oxygens (including phenoxy) is 2. The van der Waals surface area contributed by atoms with Gasteiger partial charge in [-0.15, -0.1) is 6.58 Å². The third-order valence-electron chi connectivity index (χ3n) is 9.70. The van der Waals surface area contributed by atoms with Gasteiger partial charge in [-0.1, -0.05) is 44.0 Å². The molecule has 4 aliphatic rings. The van der Waals surface area contributed by atoms with Crippen molar-refractivity contribution in [2.45, 2.75) is 82.6 Å². The topological polar surface area (TPSA) is 79.3 Å². The molecule has 7 nitrogen and oxygen atoms in total. The van der Waals surface area contributed by atoms with E-state index in [9.17, 15) is 14.7 Å². The van der Waals surface area contributed by atoms with Crippen molar-refractivity contribution in [1.29, 1.82) is 0 Å². The zero-order valence-corrected chi connectivity index (χ0v) is 25.0. The lowest BCUT2D eigenvalue weighted by Crippen LogP contribution is -2.78. The maximum Gasteiger partial charge on any atom is 0.308 e. The molecule has 2 aromatic carbocycles. The van der Waals surface area contributed by atoms with Crippen molar-refractivity contribution < 1.29 is 24.2 Å². The maximum absolute atomic E-state index is 13.9. The number of nitrogens with zero attached hydrogens (tertiary/aromatic N) is 2. The Bertz CT molecular complexity index is 1500. The Kier molecular flexibility index (Phi) is 7.19. The fraction of sp³-hybridized carbons (Fsp3) is 0.486. The molecule has 220 valence electrons. The molecule has 5 atom stereocenters. The lowest BCUT2D eigenvalue weighted by molar-refractivity contribution is -0.199. The summed E-state index contributed by atoms with van der Waals surface area (Å²) in [6.07, 6.45) is 3.84. The van der Waals surface area contributed by atoms with Gasteiger partial charge in [0.05, 0.1) is 17.1 Å². The normalized spacial score (nSPS) is 28.7. The highest BCUT2D eigenvalue weighted by atomic mass is 16.6. The first-order valence-corrected chi connectivity index (χ1v) is 15.1. The van der Waals surface area contributed by atoms with Crippen molar-refractivity contribution in [1.82, 2.24) is 9.80 Å². The highest BCUT2D eigenvalue weighted by Gasteiger charge is 2.73. The Morgan fingerprint density at radius 1 is 1.29 bits per heavy atom. The van der Waals surface area contributed by atoms with Crippen LogP contribution in [0.25, 0.3) is 0 Å². The quantitative estimate of drug-likeness (QED) is 0.244. The molecule has 2 aliphatic heterocycles. The average Bonchev–Trinajstić information content (AvgIpc) is 3.29. The molecule has 1 saturated heterocycles. The number of aliphatic hydroxyl groups is 1. The number of hydrogen-bond donors (Lipinski definition) is 1. The zero-order chi connectivity index (χ0) is 29.8. The molecular formula is C35H40N2O5. The van der Waals surface area contributed by atoms with E-state index in [0.29, 0.717) is 50.3 Å². The van der Waals surface area contributed by atoms with Crippen molar-refractivity contribution >= 4 is 11.9 Å². The van der Waals surface area contributed by atoms with Crippen molar-refractivity contribution in [2.75, 3.05) is 19.6 Å². The summed E-state index contributed by atoms with van der Waals surface area (Å²) in [6, 6.07) is 11.2. The molecule has 7 heteroatoms. The molecular weight excluding hydrogens is 528 g/mol. The van der Waals surface area contributed by atoms with E-state index in [1.165, 1.54) is 6.92 Å². The van der Waals surface area contributed by atoms with E-state index in [1.807, 2.05) is 48.2 Å². The van der Waals surface area contributed by atoms with Crippen molar-refractivity contribution in [3.05, 3.63) is 71.3 Å². The highest BCUT2D eigenvalue weighted by Crippen LogP contribution is 2.66. The number of piperidine rings is 1. The van der Waals surface area contributed by atoms with Crippen LogP contribution in [0.4, 0.5) is 0 Å². The summed E-state index contributed by atoms with van der Waals surface area (Å²) in [5.74, 6) is 6.45. The van der Waals surface area contributed by atoms with Crippen molar-refractivity contribution in [3.8, 4) is 23.3 Å². The van der Waals surface area contributed by atoms with Crippen LogP contribution in [0.1, 0.15) is 62.3 Å². The molecule has 2 fully saturated rings. The van der Waals surface area contributed by atoms with Gasteiger partial charge in [-0.3, -0.25) is 14.5 Å². The molecule has 42 heavy (non-hydrogen) atoms. The van der Waals surface area contributed by atoms with E-state index in [-0.39, 0.29) is 23.9 Å². The lowest BCUT2D eigenvalue weighted by Gasteiger charge is -2.64. The van der Waals surface area contributed by atoms with Crippen LogP contribution in [0.2, 0.25) is 0 Å². The molecule has 1 N–H and O–H groups in total. The second-order valence-corrected chi connectivity index (χ2v) is 12.8. The van der Waals surface area contributed by atoms with Crippen LogP contribution < -0.4 is 9.47 Å². The molecule has 0 aromatic heterocycles. The number of hydrogen-bond acceptors (Lipinski definition) is 6. The number of benzene rings is 2. The number of carbonyl (C=O) groups is 2. The van der Waals surface area contributed by atoms with Gasteiger partial charge in [-0.25, -0.2) is 0 Å². The van der Waals surface area contributed by atoms with Crippen LogP contribution in [0, 0.1) is 24.7 Å². The second kappa shape index (κ2) is 10.6. The van der Waals surface area contributed by atoms with E-state index >= 15 is 0 Å². The van der Waals surface area contributed by atoms with Gasteiger partial charge in [-0.2, -0.15) is 0 Å². The van der Waals surface area contributed by atoms with Gasteiger partial charge in [0.15, 0.2) is 11.5 Å². The van der Waals surface area contributed by atoms with Crippen molar-refractivity contribution in [2.24, 2.45) is 5.92 Å². The number of amides is 1. The molecule has 0 unspecified atom stereocenters. The molecule has 2 aromatic rings. The Labute approximate surface area is 248 Å². The summed E-state index contributed by atoms with van der Waals surface area (Å²) in [4.78, 5) is 30.2. The number of carbonyl (C=O) groups excluding carboxylic acids is 2. The fourth-order valence-electron chi connectivity index (χ4n) is 8.22. The van der Waals surface area contributed by atoms with Gasteiger partial charge in [0.1, 0.15) is 6.10 Å². The lowest BCUT2D eigenvalue weighted by atomic mass is 9.48. The van der Waals surface area contributed by atoms with Gasteiger partial charge in [-0.05, 0) is 74.4 Å². The Balaban J connectivity index is 1.46. The highest BCUT2D eigenvalue weighted by molar-refractivity contribution is 5.94. The fourth-order valence-corrected chi connectivity index (χ4v) is 8.22. The van der Waals surface area contributed by atoms with Gasteiger partial charge < -0.3 is 19.5 Å². The number of rotatable bonds is 6. The van der Waals surface area contributed by atoms with Crippen LogP contribution >= 0.6 is 0 Å². The largest absolute Gasteiger partial charge is 0.483 e. The van der Waals surface area contributed by atoms with E-state index in [4.69, 9.17) is 9.47 Å². The minimum Gasteiger partial charge on any atom is -0.483 e. The maximum atomic E-state index is 13.9. The molecule has 2 bridgehead atoms. The van der Waals surface area contributed by atoms with Crippen LogP contribution in [0.3, 0.4) is 0 Å². The van der Waals surface area contributed by atoms with E-state index in [1.54, 1.807) is 6.07 Å². The average molecular weight is 569 g/mol. The van der Waals surface area contributed by atoms with Crippen molar-refractivity contribution in [3.63, 3.8) is 0 Å². The van der Waals surface area contributed by atoms with E-state index in [0.717, 1.165) is 28.8 Å². The molecule has 0 radical (unpaired) electrons. The minimum atomic E-state index is -1.07. The smallest absolute Gasteiger partial charge is 0.308 e. The van der Waals surface area contributed by atoms with Crippen LogP contribution in [0.5, 0.6) is 11.5 Å². The van der Waals surface area contributed by atoms with Gasteiger partial charge >= 0.3 is 5.97 Å². The Hall–Kier alpha value is -3.60. The molecule has 6 rings (SSSR count). The molecule has 1 spiro atoms. The Morgan fingerprint density at radius 3 is 2.81 bits per heavy atom. The standard InChI is InChI=1S/C35H40N2O5/c1-6-17-36-18-16-34-31-26-11-12-28(41-24(5)38)32(31)42-33(34)27(14-15-35(34,40)29(36)20-26)37(21-22(2)3)30(39)13-10-25-9-7-8-23(4)19-25/h6-9,11-12,19,22,27,29,33,40H,1,14-18,20-21H2,2-5H3/t27-,29+,33-,34-,35+/m0/s1. The van der Waals surface area contributed by atoms with E-state index in [2.05, 4.69) is 37.2 Å². The predicted octanol–water partition coefficient (Wildman–Crippen LogP) is 4.17. The molecule has 2 aliphatic carbocycles. The third kappa shape index (κ3) is 4.35. The van der Waals surface area contributed by atoms with Crippen LogP contribution in [-0.4, -0.2) is 70.2 Å². The summed E-state index contributed by atoms with van der Waals surface area (Å²) < 4.78 is 12.5. The van der Waals surface area contributed by atoms with E-state index < -0.39 is 23.1 Å². The predicted molar refractivity (Wildman–Crippen MR) is 160 cm³/mol. The zero-order valence-electron chi connectivity index (χ0n) is 25.0. The summed E-state index contributed by atoms with van der Waals surface area (Å²) in [5, 5.41) is 12.8. The summed E-state index contributed by atoms with van der Waals surface area (Å²) in [5.41, 5.74) is 2.14. The number of likely N-dealkylation sites (tertiary alicyclic amines) is 1. The van der Waals surface area contributed by atoms with Crippen LogP contribution in [0.15, 0.2) is 49.1 Å². The first-order valence-electron chi connectivity index (χ1n) is 15.1. The third-order valence-corrected chi connectivity index (χ3v) is 9.70. The summed E-state index contributed by atoms with van der Waals surface area (Å²) >= 11 is 0. The molecule has 2 heterocycles. The number of esters is 1. The monoisotopic (exact) mass is 568 g/mol. The van der Waals surface area contributed by atoms with Gasteiger partial charge in [0.25, 0.3) is 5.91 Å². The molecule has 1 amide bonds. The van der Waals surface area contributed by atoms with Gasteiger partial charge in [0, 0.05) is 43.1 Å². The van der Waals surface area contributed by atoms with Crippen LogP contribution in [-0.2, 0) is 21.4 Å². The minimum absolute atomic E-state index is 0.107. The Morgan fingerprint density at radius 2 is 2.10 bits per heavy atom. The SMILES string of the molecule is C=CCN1CC[C@]23c4c5ccc(OC(C)=O)c4O[C@H]2[C@@H](N(CC(C)C)C(=O)C#Cc2cccc(C)c2)CC[C@@]3(O)[C@H]1C5. The number of aryl methyl sites for hydroxylation is 1. The van der Waals surface area contributed by atoms with Gasteiger partial charge in [0.2, 0.25) is 0 Å². The molecule has 1 saturated carbocycles. The second-order valence-electron chi connectivity index (χ2n) is 12.8. The first-order chi connectivity index (χ1) is 20.1. The first kappa shape index (κ1) is 28.5. The summed E-state index contributed by atoms with van der Waals surface area (Å²) in [7, 11) is 0. The summed E-state index contributed by atoms with van der Waals surface area (Å²) in [6.45, 7) is 13.5.